The van der Waals surface area contributed by atoms with Gasteiger partial charge in [-0.25, -0.2) is 0 Å². The minimum atomic E-state index is 0.306. The number of halogens is 1. The second kappa shape index (κ2) is 3.60. The van der Waals surface area contributed by atoms with Crippen LogP contribution in [0.2, 0.25) is 0 Å². The van der Waals surface area contributed by atoms with Crippen LogP contribution in [0.1, 0.15) is 6.92 Å². The molecule has 0 fully saturated rings. The monoisotopic (exact) mass is 75.0 g/mol. The summed E-state index contributed by atoms with van der Waals surface area (Å²) in [6.07, 6.45) is 0. The van der Waals surface area contributed by atoms with Crippen molar-refractivity contribution in [2.24, 2.45) is 4.99 Å². The minimum Gasteiger partial charge on any atom is -0.265 e. The second-order valence-electron chi connectivity index (χ2n) is 0.596. The van der Waals surface area contributed by atoms with E-state index in [-0.39, 0.29) is 0 Å². The van der Waals surface area contributed by atoms with E-state index in [0.29, 0.717) is 13.0 Å². The molecule has 0 radical (unpaired) electrons. The molecule has 1 nitrogen and oxygen atoms in total. The molecule has 0 aliphatic carbocycles. The molecule has 0 N–H and O–H groups in total. The summed E-state index contributed by atoms with van der Waals surface area (Å²) in [7, 11) is 0. The lowest BCUT2D eigenvalue weighted by molar-refractivity contribution is 0.829. The van der Waals surface area contributed by atoms with E-state index in [1.54, 1.807) is 6.92 Å². The molecule has 0 aromatic heterocycles. The van der Waals surface area contributed by atoms with Crippen molar-refractivity contribution in [2.45, 2.75) is 6.92 Å². The van der Waals surface area contributed by atoms with E-state index in [1.807, 2.05) is 0 Å². The molecule has 0 atom stereocenters. The van der Waals surface area contributed by atoms with Crippen molar-refractivity contribution in [3.8, 4) is 0 Å². The van der Waals surface area contributed by atoms with Gasteiger partial charge in [0.25, 0.3) is 0 Å². The predicted molar refractivity (Wildman–Crippen MR) is 20.1 cm³/mol. The van der Waals surface area contributed by atoms with Crippen molar-refractivity contribution >= 4 is 6.47 Å². The lowest BCUT2D eigenvalue weighted by Gasteiger charge is -1.65. The molecule has 30 valence electrons. The fourth-order valence-corrected chi connectivity index (χ4v) is 0.0690. The number of aliphatic imine (C=N–C) groups is 1. The summed E-state index contributed by atoms with van der Waals surface area (Å²) in [5.74, 6) is 0. The van der Waals surface area contributed by atoms with Crippen LogP contribution in [0.3, 0.4) is 0 Å². The minimum absolute atomic E-state index is 0.306. The zero-order valence-electron chi connectivity index (χ0n) is 3.11. The Morgan fingerprint density at radius 3 is 2.60 bits per heavy atom. The highest BCUT2D eigenvalue weighted by Gasteiger charge is 1.54. The molecule has 0 aromatic carbocycles. The molecule has 0 spiro atoms. The van der Waals surface area contributed by atoms with Crippen molar-refractivity contribution in [3.05, 3.63) is 0 Å². The summed E-state index contributed by atoms with van der Waals surface area (Å²) < 4.78 is 10.7. The zero-order chi connectivity index (χ0) is 4.12. The van der Waals surface area contributed by atoms with E-state index >= 15 is 0 Å². The molecule has 0 aliphatic heterocycles. The van der Waals surface area contributed by atoms with Crippen molar-refractivity contribution in [1.82, 2.24) is 0 Å². The van der Waals surface area contributed by atoms with Crippen molar-refractivity contribution in [2.75, 3.05) is 6.54 Å². The largest absolute Gasteiger partial charge is 0.265 e. The fraction of sp³-hybridized carbons (Fsp3) is 0.667. The Kier molecular flexibility index (Phi) is 3.31. The van der Waals surface area contributed by atoms with Gasteiger partial charge in [-0.2, -0.15) is 4.39 Å². The molecule has 0 bridgehead atoms. The molecule has 0 amide bonds. The molecule has 0 aromatic rings. The molecule has 0 unspecified atom stereocenters. The summed E-state index contributed by atoms with van der Waals surface area (Å²) >= 11 is 0. The second-order valence-corrected chi connectivity index (χ2v) is 0.596. The van der Waals surface area contributed by atoms with Crippen LogP contribution in [-0.4, -0.2) is 13.0 Å². The van der Waals surface area contributed by atoms with Crippen LogP contribution >= 0.6 is 0 Å². The summed E-state index contributed by atoms with van der Waals surface area (Å²) in [6, 6.07) is 0. The Labute approximate surface area is 30.5 Å². The van der Waals surface area contributed by atoms with Gasteiger partial charge in [0.1, 0.15) is 0 Å². The number of hydrogen-bond donors (Lipinski definition) is 0. The summed E-state index contributed by atoms with van der Waals surface area (Å²) in [4.78, 5) is 3.18. The van der Waals surface area contributed by atoms with Crippen molar-refractivity contribution in [1.29, 1.82) is 0 Å². The summed E-state index contributed by atoms with van der Waals surface area (Å²) in [5, 5.41) is 0. The molecule has 0 aliphatic rings. The van der Waals surface area contributed by atoms with Gasteiger partial charge in [0.15, 0.2) is 6.47 Å². The Balaban J connectivity index is 2.62. The number of nitrogens with zero attached hydrogens (tertiary/aromatic N) is 1. The van der Waals surface area contributed by atoms with Gasteiger partial charge in [-0.3, -0.25) is 4.99 Å². The summed E-state index contributed by atoms with van der Waals surface area (Å²) in [5.41, 5.74) is 0. The average Bonchev–Trinajstić information content (AvgIpc) is 1.41. The van der Waals surface area contributed by atoms with E-state index in [0.717, 1.165) is 0 Å². The third kappa shape index (κ3) is 3.60. The Bertz CT molecular complexity index is 33.9. The first-order valence-electron chi connectivity index (χ1n) is 1.50. The average molecular weight is 75.1 g/mol. The number of rotatable bonds is 1. The maximum absolute atomic E-state index is 10.7. The first-order valence-corrected chi connectivity index (χ1v) is 1.50. The smallest absolute Gasteiger partial charge is 0.171 e. The van der Waals surface area contributed by atoms with Gasteiger partial charge in [-0.1, -0.05) is 0 Å². The first-order chi connectivity index (χ1) is 2.41. The Morgan fingerprint density at radius 1 is 2.00 bits per heavy atom. The van der Waals surface area contributed by atoms with Crippen LogP contribution in [0.5, 0.6) is 0 Å². The predicted octanol–water partition coefficient (Wildman–Crippen LogP) is 1.00. The molecule has 2 heteroatoms. The normalized spacial score (nSPS) is 10.0. The van der Waals surface area contributed by atoms with Crippen LogP contribution in [0.15, 0.2) is 4.99 Å². The Morgan fingerprint density at radius 2 is 2.60 bits per heavy atom. The van der Waals surface area contributed by atoms with Gasteiger partial charge in [0.2, 0.25) is 0 Å². The van der Waals surface area contributed by atoms with Gasteiger partial charge < -0.3 is 0 Å². The van der Waals surface area contributed by atoms with E-state index < -0.39 is 0 Å². The van der Waals surface area contributed by atoms with E-state index in [4.69, 9.17) is 0 Å². The number of hydrogen-bond acceptors (Lipinski definition) is 1. The molecular formula is C3H6FN. The van der Waals surface area contributed by atoms with Gasteiger partial charge in [-0.05, 0) is 6.92 Å². The van der Waals surface area contributed by atoms with E-state index in [9.17, 15) is 4.39 Å². The van der Waals surface area contributed by atoms with Crippen LogP contribution in [0.25, 0.3) is 0 Å². The van der Waals surface area contributed by atoms with E-state index in [1.165, 1.54) is 0 Å². The highest BCUT2D eigenvalue weighted by atomic mass is 19.1. The SMILES string of the molecule is CCN=CF. The molecule has 0 saturated heterocycles. The lowest BCUT2D eigenvalue weighted by Crippen LogP contribution is -1.61. The quantitative estimate of drug-likeness (QED) is 0.412. The van der Waals surface area contributed by atoms with Crippen molar-refractivity contribution in [3.63, 3.8) is 0 Å². The van der Waals surface area contributed by atoms with Gasteiger partial charge >= 0.3 is 0 Å². The highest BCUT2D eigenvalue weighted by Crippen LogP contribution is 1.59. The zero-order valence-corrected chi connectivity index (χ0v) is 3.11. The van der Waals surface area contributed by atoms with Crippen LogP contribution in [0, 0.1) is 0 Å². The van der Waals surface area contributed by atoms with Crippen LogP contribution in [0.4, 0.5) is 4.39 Å². The first kappa shape index (κ1) is 4.60. The standard InChI is InChI=1S/C3H6FN/c1-2-5-3-4/h3H,2H2,1H3. The topological polar surface area (TPSA) is 12.4 Å². The third-order valence-corrected chi connectivity index (χ3v) is 0.252. The molecule has 0 heterocycles. The van der Waals surface area contributed by atoms with Crippen LogP contribution < -0.4 is 0 Å². The molecule has 5 heavy (non-hydrogen) atoms. The maximum Gasteiger partial charge on any atom is 0.171 e. The maximum atomic E-state index is 10.7. The highest BCUT2D eigenvalue weighted by molar-refractivity contribution is 5.43. The molecule has 0 saturated carbocycles. The summed E-state index contributed by atoms with van der Waals surface area (Å²) in [6.45, 7) is 2.62. The Hall–Kier alpha value is -0.400. The third-order valence-electron chi connectivity index (χ3n) is 0.252. The van der Waals surface area contributed by atoms with Crippen LogP contribution in [-0.2, 0) is 0 Å². The lowest BCUT2D eigenvalue weighted by atomic mass is 10.8. The van der Waals surface area contributed by atoms with E-state index in [2.05, 4.69) is 4.99 Å². The van der Waals surface area contributed by atoms with Gasteiger partial charge in [0, 0.05) is 6.54 Å². The van der Waals surface area contributed by atoms with Crippen molar-refractivity contribution < 1.29 is 4.39 Å². The molecule has 0 rings (SSSR count). The molecular weight excluding hydrogens is 69.0 g/mol. The van der Waals surface area contributed by atoms with Gasteiger partial charge in [-0.15, -0.1) is 0 Å². The van der Waals surface area contributed by atoms with Gasteiger partial charge in [0.05, 0.1) is 0 Å². The fourth-order valence-electron chi connectivity index (χ4n) is 0.0690.